The van der Waals surface area contributed by atoms with Gasteiger partial charge in [-0.05, 0) is 34.3 Å². The number of anilines is 1. The molecule has 0 fully saturated rings. The number of allylic oxidation sites excluding steroid dienone is 3. The van der Waals surface area contributed by atoms with Crippen LogP contribution in [-0.2, 0) is 5.41 Å². The van der Waals surface area contributed by atoms with Crippen molar-refractivity contribution >= 4 is 23.0 Å². The van der Waals surface area contributed by atoms with Crippen LogP contribution in [0.2, 0.25) is 0 Å². The minimum Gasteiger partial charge on any atom is -0.343 e. The number of nitrogens with zero attached hydrogens (tertiary/aromatic N) is 1. The summed E-state index contributed by atoms with van der Waals surface area (Å²) in [5.41, 5.74) is 6.97. The fraction of sp³-hybridized carbons (Fsp3) is 0.217. The third-order valence-electron chi connectivity index (χ3n) is 5.65. The Kier molecular flexibility index (Phi) is 3.26. The molecule has 3 aliphatic rings. The van der Waals surface area contributed by atoms with Crippen molar-refractivity contribution in [3.8, 4) is 0 Å². The molecule has 0 N–H and O–H groups in total. The van der Waals surface area contributed by atoms with Crippen LogP contribution in [0, 0.1) is 5.92 Å². The molecule has 2 heteroatoms. The van der Waals surface area contributed by atoms with E-state index in [1.165, 1.54) is 33.0 Å². The summed E-state index contributed by atoms with van der Waals surface area (Å²) in [6.07, 6.45) is 4.82. The highest BCUT2D eigenvalue weighted by molar-refractivity contribution is 8.06. The van der Waals surface area contributed by atoms with Crippen molar-refractivity contribution in [1.29, 1.82) is 0 Å². The molecule has 1 unspecified atom stereocenters. The smallest absolute Gasteiger partial charge is 0.0450 e. The van der Waals surface area contributed by atoms with E-state index in [0.717, 1.165) is 6.54 Å². The van der Waals surface area contributed by atoms with Gasteiger partial charge in [0.2, 0.25) is 0 Å². The number of rotatable bonds is 1. The van der Waals surface area contributed by atoms with Gasteiger partial charge in [0.05, 0.1) is 0 Å². The third-order valence-corrected chi connectivity index (χ3v) is 6.72. The van der Waals surface area contributed by atoms with E-state index in [0.29, 0.717) is 5.92 Å². The van der Waals surface area contributed by atoms with E-state index in [-0.39, 0.29) is 5.41 Å². The van der Waals surface area contributed by atoms with Crippen LogP contribution >= 0.6 is 11.8 Å². The van der Waals surface area contributed by atoms with Crippen molar-refractivity contribution in [3.63, 3.8) is 0 Å². The Labute approximate surface area is 153 Å². The van der Waals surface area contributed by atoms with Gasteiger partial charge in [0.1, 0.15) is 0 Å². The van der Waals surface area contributed by atoms with Crippen LogP contribution in [0.4, 0.5) is 5.69 Å². The highest BCUT2D eigenvalue weighted by Crippen LogP contribution is 2.52. The van der Waals surface area contributed by atoms with Crippen molar-refractivity contribution in [2.75, 3.05) is 11.4 Å². The third kappa shape index (κ3) is 2.17. The van der Waals surface area contributed by atoms with Gasteiger partial charge in [0.25, 0.3) is 0 Å². The van der Waals surface area contributed by atoms with Gasteiger partial charge in [-0.2, -0.15) is 0 Å². The molecule has 2 aromatic carbocycles. The molecule has 5 rings (SSSR count). The van der Waals surface area contributed by atoms with E-state index in [4.69, 9.17) is 0 Å². The predicted octanol–water partition coefficient (Wildman–Crippen LogP) is 5.97. The van der Waals surface area contributed by atoms with Gasteiger partial charge in [0.15, 0.2) is 0 Å². The molecule has 0 aliphatic carbocycles. The van der Waals surface area contributed by atoms with E-state index in [1.54, 1.807) is 0 Å². The van der Waals surface area contributed by atoms with Gasteiger partial charge < -0.3 is 4.90 Å². The zero-order valence-electron chi connectivity index (χ0n) is 14.6. The quantitative estimate of drug-likeness (QED) is 0.627. The molecule has 0 spiro atoms. The summed E-state index contributed by atoms with van der Waals surface area (Å²) in [7, 11) is 0. The van der Waals surface area contributed by atoms with Crippen molar-refractivity contribution in [3.05, 3.63) is 93.9 Å². The number of benzene rings is 2. The number of hydrogen-bond donors (Lipinski definition) is 0. The predicted molar refractivity (Wildman–Crippen MR) is 108 cm³/mol. The van der Waals surface area contributed by atoms with Crippen LogP contribution < -0.4 is 4.90 Å². The van der Waals surface area contributed by atoms with Crippen molar-refractivity contribution < 1.29 is 0 Å². The molecule has 124 valence electrons. The van der Waals surface area contributed by atoms with E-state index < -0.39 is 0 Å². The van der Waals surface area contributed by atoms with Crippen LogP contribution in [-0.4, -0.2) is 6.54 Å². The monoisotopic (exact) mass is 343 g/mol. The Morgan fingerprint density at radius 1 is 1.00 bits per heavy atom. The van der Waals surface area contributed by atoms with Crippen LogP contribution in [0.15, 0.2) is 82.8 Å². The van der Waals surface area contributed by atoms with Crippen molar-refractivity contribution in [2.24, 2.45) is 5.92 Å². The van der Waals surface area contributed by atoms with Gasteiger partial charge in [0, 0.05) is 34.2 Å². The molecule has 0 saturated carbocycles. The normalized spacial score (nSPS) is 23.0. The van der Waals surface area contributed by atoms with Crippen LogP contribution in [0.1, 0.15) is 25.0 Å². The summed E-state index contributed by atoms with van der Waals surface area (Å²) in [6, 6.07) is 19.7. The fourth-order valence-electron chi connectivity index (χ4n) is 4.33. The first kappa shape index (κ1) is 15.1. The molecule has 2 aromatic rings. The van der Waals surface area contributed by atoms with E-state index in [9.17, 15) is 0 Å². The molecule has 3 heterocycles. The molecule has 0 saturated heterocycles. The van der Waals surface area contributed by atoms with E-state index >= 15 is 0 Å². The Bertz CT molecular complexity index is 934. The summed E-state index contributed by atoms with van der Waals surface area (Å²) in [6.45, 7) is 5.74. The largest absolute Gasteiger partial charge is 0.343 e. The summed E-state index contributed by atoms with van der Waals surface area (Å²) in [4.78, 5) is 4.04. The molecule has 1 atom stereocenters. The summed E-state index contributed by atoms with van der Waals surface area (Å²) in [5.74, 6) is 0.468. The lowest BCUT2D eigenvalue weighted by molar-refractivity contribution is 0.625. The van der Waals surface area contributed by atoms with Crippen LogP contribution in [0.25, 0.3) is 5.57 Å². The number of hydrogen-bond acceptors (Lipinski definition) is 2. The first-order valence-corrected chi connectivity index (χ1v) is 9.76. The molecule has 3 aliphatic heterocycles. The van der Waals surface area contributed by atoms with Crippen molar-refractivity contribution in [2.45, 2.75) is 19.3 Å². The van der Waals surface area contributed by atoms with Gasteiger partial charge in [-0.3, -0.25) is 0 Å². The maximum Gasteiger partial charge on any atom is 0.0450 e. The molecule has 0 bridgehead atoms. The SMILES string of the molecule is CC1(C)C2=CC(c3ccccc3)=C3SC=CC3CN2c2ccccc21. The highest BCUT2D eigenvalue weighted by atomic mass is 32.2. The average Bonchev–Trinajstić information content (AvgIpc) is 3.11. The minimum absolute atomic E-state index is 0.0319. The molecule has 0 radical (unpaired) electrons. The topological polar surface area (TPSA) is 3.24 Å². The average molecular weight is 343 g/mol. The maximum atomic E-state index is 2.55. The molecule has 0 amide bonds. The number of thioether (sulfide) groups is 1. The molecular formula is C23H21NS. The zero-order chi connectivity index (χ0) is 17.0. The lowest BCUT2D eigenvalue weighted by Gasteiger charge is -2.27. The fourth-order valence-corrected chi connectivity index (χ4v) is 5.38. The van der Waals surface area contributed by atoms with Crippen LogP contribution in [0.5, 0.6) is 0 Å². The number of para-hydroxylation sites is 1. The van der Waals surface area contributed by atoms with Gasteiger partial charge in [-0.1, -0.05) is 68.5 Å². The van der Waals surface area contributed by atoms with Gasteiger partial charge >= 0.3 is 0 Å². The van der Waals surface area contributed by atoms with Gasteiger partial charge in [-0.25, -0.2) is 0 Å². The Hall–Kier alpha value is -2.19. The second-order valence-electron chi connectivity index (χ2n) is 7.48. The van der Waals surface area contributed by atoms with Crippen molar-refractivity contribution in [1.82, 2.24) is 0 Å². The van der Waals surface area contributed by atoms with Gasteiger partial charge in [-0.15, -0.1) is 11.8 Å². The lowest BCUT2D eigenvalue weighted by Crippen LogP contribution is -2.28. The standard InChI is InChI=1S/C23H21NS/c1-23(2)19-10-6-7-11-20(19)24-15-17-12-13-25-22(17)18(14-21(23)24)16-8-4-3-5-9-16/h3-14,17H,15H2,1-2H3. The number of fused-ring (bicyclic) bond motifs is 4. The molecule has 1 nitrogen and oxygen atoms in total. The maximum absolute atomic E-state index is 2.55. The Balaban J connectivity index is 1.75. The minimum atomic E-state index is 0.0319. The molecule has 25 heavy (non-hydrogen) atoms. The Morgan fingerprint density at radius 2 is 1.76 bits per heavy atom. The second-order valence-corrected chi connectivity index (χ2v) is 8.43. The van der Waals surface area contributed by atoms with E-state index in [2.05, 4.69) is 90.9 Å². The van der Waals surface area contributed by atoms with Crippen LogP contribution in [0.3, 0.4) is 0 Å². The first-order chi connectivity index (χ1) is 12.2. The Morgan fingerprint density at radius 3 is 2.60 bits per heavy atom. The highest BCUT2D eigenvalue weighted by Gasteiger charge is 2.42. The summed E-state index contributed by atoms with van der Waals surface area (Å²) < 4.78 is 0. The summed E-state index contributed by atoms with van der Waals surface area (Å²) in [5, 5.41) is 2.26. The first-order valence-electron chi connectivity index (χ1n) is 8.88. The van der Waals surface area contributed by atoms with E-state index in [1.807, 2.05) is 11.8 Å². The zero-order valence-corrected chi connectivity index (χ0v) is 15.4. The lowest BCUT2D eigenvalue weighted by atomic mass is 9.83. The summed E-state index contributed by atoms with van der Waals surface area (Å²) >= 11 is 1.89. The molecule has 0 aromatic heterocycles. The molecular weight excluding hydrogens is 322 g/mol. The second kappa shape index (κ2) is 5.40.